The van der Waals surface area contributed by atoms with Gasteiger partial charge in [-0.1, -0.05) is 18.2 Å². The van der Waals surface area contributed by atoms with Gasteiger partial charge in [-0.15, -0.1) is 0 Å². The van der Waals surface area contributed by atoms with E-state index in [0.29, 0.717) is 39.4 Å². The van der Waals surface area contributed by atoms with Crippen LogP contribution in [-0.4, -0.2) is 28.0 Å². The Kier molecular flexibility index (Phi) is 6.34. The number of aromatic carboxylic acids is 1. The molecule has 0 saturated carbocycles. The molecule has 2 aromatic heterocycles. The number of para-hydroxylation sites is 1. The highest BCUT2D eigenvalue weighted by molar-refractivity contribution is 5.94. The number of benzene rings is 3. The second kappa shape index (κ2) is 9.78. The molecule has 0 amide bonds. The number of hydrogen-bond acceptors (Lipinski definition) is 7. The van der Waals surface area contributed by atoms with E-state index >= 15 is 0 Å². The van der Waals surface area contributed by atoms with Gasteiger partial charge < -0.3 is 25.3 Å². The summed E-state index contributed by atoms with van der Waals surface area (Å²) in [5, 5.41) is 17.7. The van der Waals surface area contributed by atoms with Gasteiger partial charge in [0.25, 0.3) is 0 Å². The van der Waals surface area contributed by atoms with Gasteiger partial charge in [-0.05, 0) is 49.7 Å². The van der Waals surface area contributed by atoms with E-state index in [1.165, 1.54) is 12.1 Å². The maximum absolute atomic E-state index is 13.2. The number of anilines is 2. The van der Waals surface area contributed by atoms with Crippen molar-refractivity contribution in [3.63, 3.8) is 0 Å². The van der Waals surface area contributed by atoms with Gasteiger partial charge in [-0.3, -0.25) is 4.79 Å². The molecule has 0 radical (unpaired) electrons. The molecule has 0 aliphatic rings. The molecule has 1 atom stereocenters. The Morgan fingerprint density at radius 3 is 2.71 bits per heavy atom. The van der Waals surface area contributed by atoms with Crippen LogP contribution < -0.4 is 21.2 Å². The van der Waals surface area contributed by atoms with E-state index in [9.17, 15) is 14.7 Å². The quantitative estimate of drug-likeness (QED) is 0.247. The number of nitrogens with one attached hydrogen (secondary N) is 1. The number of methoxy groups -OCH3 is 1. The van der Waals surface area contributed by atoms with Gasteiger partial charge in [0, 0.05) is 29.6 Å². The van der Waals surface area contributed by atoms with Crippen LogP contribution in [0.4, 0.5) is 11.4 Å². The predicted octanol–water partition coefficient (Wildman–Crippen LogP) is 5.42. The van der Waals surface area contributed by atoms with Gasteiger partial charge in [0.05, 0.1) is 47.2 Å². The van der Waals surface area contributed by atoms with Gasteiger partial charge >= 0.3 is 5.97 Å². The van der Waals surface area contributed by atoms with E-state index in [1.54, 1.807) is 60.6 Å². The first-order chi connectivity index (χ1) is 18.2. The molecule has 9 heteroatoms. The zero-order chi connectivity index (χ0) is 27.0. The van der Waals surface area contributed by atoms with Gasteiger partial charge in [0.15, 0.2) is 5.43 Å². The van der Waals surface area contributed by atoms with Crippen LogP contribution in [-0.2, 0) is 0 Å². The van der Waals surface area contributed by atoms with Crippen molar-refractivity contribution in [1.82, 2.24) is 9.78 Å². The normalized spacial score (nSPS) is 11.9. The second-order valence-electron chi connectivity index (χ2n) is 9.02. The number of nitrogens with zero attached hydrogens (tertiary/aromatic N) is 2. The van der Waals surface area contributed by atoms with Gasteiger partial charge in [-0.25, -0.2) is 9.48 Å². The molecule has 0 saturated heterocycles. The number of carboxylic acids is 1. The SMILES string of the molecule is COc1cc(-n2cc(-c3cc(=O)c4cc(C)cc(C(C)Nc5ccccc5C(=O)O)c4o3)cn2)ccc1N. The van der Waals surface area contributed by atoms with Crippen LogP contribution in [0.5, 0.6) is 5.75 Å². The number of nitrogens with two attached hydrogens (primary N) is 1. The summed E-state index contributed by atoms with van der Waals surface area (Å²) in [6.07, 6.45) is 3.37. The zero-order valence-electron chi connectivity index (χ0n) is 21.1. The highest BCUT2D eigenvalue weighted by Gasteiger charge is 2.19. The van der Waals surface area contributed by atoms with Crippen LogP contribution in [0, 0.1) is 6.92 Å². The van der Waals surface area contributed by atoms with Crippen molar-refractivity contribution in [2.75, 3.05) is 18.2 Å². The molecule has 0 fully saturated rings. The number of carbonyl (C=O) groups is 1. The molecular weight excluding hydrogens is 484 g/mol. The monoisotopic (exact) mass is 510 g/mol. The Bertz CT molecular complexity index is 1740. The van der Waals surface area contributed by atoms with Gasteiger partial charge in [0.1, 0.15) is 17.1 Å². The first-order valence-corrected chi connectivity index (χ1v) is 11.9. The molecule has 0 aliphatic heterocycles. The number of carboxylic acid groups (broad SMARTS) is 1. The van der Waals surface area contributed by atoms with E-state index in [4.69, 9.17) is 14.9 Å². The Morgan fingerprint density at radius 1 is 1.16 bits per heavy atom. The van der Waals surface area contributed by atoms with Gasteiger partial charge in [-0.2, -0.15) is 5.10 Å². The highest BCUT2D eigenvalue weighted by atomic mass is 16.5. The summed E-state index contributed by atoms with van der Waals surface area (Å²) in [7, 11) is 1.54. The lowest BCUT2D eigenvalue weighted by Gasteiger charge is -2.19. The average molecular weight is 511 g/mol. The number of hydrogen-bond donors (Lipinski definition) is 3. The Labute approximate surface area is 218 Å². The first kappa shape index (κ1) is 24.6. The van der Waals surface area contributed by atoms with Crippen molar-refractivity contribution in [3.8, 4) is 22.8 Å². The summed E-state index contributed by atoms with van der Waals surface area (Å²) < 4.78 is 13.3. The third-order valence-electron chi connectivity index (χ3n) is 6.35. The van der Waals surface area contributed by atoms with Crippen molar-refractivity contribution in [1.29, 1.82) is 0 Å². The lowest BCUT2D eigenvalue weighted by Crippen LogP contribution is -2.12. The molecule has 5 aromatic rings. The molecule has 9 nitrogen and oxygen atoms in total. The van der Waals surface area contributed by atoms with Crippen molar-refractivity contribution < 1.29 is 19.1 Å². The fraction of sp³-hybridized carbons (Fsp3) is 0.138. The van der Waals surface area contributed by atoms with Crippen molar-refractivity contribution in [2.45, 2.75) is 19.9 Å². The molecular formula is C29H26N4O5. The average Bonchev–Trinajstić information content (AvgIpc) is 3.39. The number of aryl methyl sites for hydroxylation is 1. The molecule has 0 aliphatic carbocycles. The first-order valence-electron chi connectivity index (χ1n) is 11.9. The van der Waals surface area contributed by atoms with Gasteiger partial charge in [0.2, 0.25) is 0 Å². The van der Waals surface area contributed by atoms with Crippen LogP contribution in [0.1, 0.15) is 34.5 Å². The van der Waals surface area contributed by atoms with E-state index in [-0.39, 0.29) is 17.0 Å². The van der Waals surface area contributed by atoms with Crippen LogP contribution in [0.15, 0.2) is 82.3 Å². The number of aromatic nitrogens is 2. The molecule has 192 valence electrons. The minimum atomic E-state index is -1.03. The summed E-state index contributed by atoms with van der Waals surface area (Å²) in [4.78, 5) is 24.9. The van der Waals surface area contributed by atoms with Crippen LogP contribution >= 0.6 is 0 Å². The number of ether oxygens (including phenoxy) is 1. The third kappa shape index (κ3) is 4.57. The Hall–Kier alpha value is -5.05. The number of nitrogen functional groups attached to an aromatic ring is 1. The number of fused-ring (bicyclic) bond motifs is 1. The van der Waals surface area contributed by atoms with Crippen LogP contribution in [0.2, 0.25) is 0 Å². The summed E-state index contributed by atoms with van der Waals surface area (Å²) in [5.41, 5.74) is 10.3. The molecule has 1 unspecified atom stereocenters. The smallest absolute Gasteiger partial charge is 0.337 e. The lowest BCUT2D eigenvalue weighted by atomic mass is 10.0. The lowest BCUT2D eigenvalue weighted by molar-refractivity contribution is 0.0698. The molecule has 5 rings (SSSR count). The second-order valence-corrected chi connectivity index (χ2v) is 9.02. The zero-order valence-corrected chi connectivity index (χ0v) is 21.1. The van der Waals surface area contributed by atoms with E-state index < -0.39 is 5.97 Å². The van der Waals surface area contributed by atoms with E-state index in [2.05, 4.69) is 10.4 Å². The summed E-state index contributed by atoms with van der Waals surface area (Å²) in [6.45, 7) is 3.80. The van der Waals surface area contributed by atoms with Crippen LogP contribution in [0.3, 0.4) is 0 Å². The van der Waals surface area contributed by atoms with E-state index in [1.807, 2.05) is 26.0 Å². The minimum absolute atomic E-state index is 0.158. The molecule has 38 heavy (non-hydrogen) atoms. The predicted molar refractivity (Wildman–Crippen MR) is 146 cm³/mol. The Morgan fingerprint density at radius 2 is 1.95 bits per heavy atom. The molecule has 3 aromatic carbocycles. The number of rotatable bonds is 7. The third-order valence-corrected chi connectivity index (χ3v) is 6.35. The largest absolute Gasteiger partial charge is 0.495 e. The fourth-order valence-electron chi connectivity index (χ4n) is 4.44. The van der Waals surface area contributed by atoms with Crippen molar-refractivity contribution >= 4 is 28.3 Å². The maximum Gasteiger partial charge on any atom is 0.337 e. The summed E-state index contributed by atoms with van der Waals surface area (Å²) in [6, 6.07) is 16.8. The molecule has 4 N–H and O–H groups in total. The van der Waals surface area contributed by atoms with Crippen LogP contribution in [0.25, 0.3) is 28.0 Å². The standard InChI is InChI=1S/C29H26N4O5/c1-16-10-21(17(2)32-24-7-5-4-6-20(24)29(35)36)28-22(11-16)25(34)13-26(38-28)18-14-31-33(15-18)19-8-9-23(30)27(12-19)37-3/h4-15,17,32H,30H2,1-3H3,(H,35,36). The maximum atomic E-state index is 13.2. The van der Waals surface area contributed by atoms with Crippen molar-refractivity contribution in [3.05, 3.63) is 100.0 Å². The molecule has 0 bridgehead atoms. The Balaban J connectivity index is 1.57. The minimum Gasteiger partial charge on any atom is -0.495 e. The molecule has 2 heterocycles. The molecule has 0 spiro atoms. The summed E-state index contributed by atoms with van der Waals surface area (Å²) in [5.74, 6) is -0.138. The summed E-state index contributed by atoms with van der Waals surface area (Å²) >= 11 is 0. The van der Waals surface area contributed by atoms with E-state index in [0.717, 1.165) is 16.8 Å². The highest BCUT2D eigenvalue weighted by Crippen LogP contribution is 2.32. The fourth-order valence-corrected chi connectivity index (χ4v) is 4.44. The topological polar surface area (TPSA) is 133 Å². The van der Waals surface area contributed by atoms with Crippen molar-refractivity contribution in [2.24, 2.45) is 0 Å².